The average molecular weight is 476 g/mol. The van der Waals surface area contributed by atoms with Crippen LogP contribution in [-0.4, -0.2) is 72.0 Å². The number of ether oxygens (including phenoxy) is 6. The van der Waals surface area contributed by atoms with E-state index >= 15 is 0 Å². The van der Waals surface area contributed by atoms with Crippen molar-refractivity contribution in [1.29, 1.82) is 0 Å². The Morgan fingerprint density at radius 2 is 1.62 bits per heavy atom. The number of benzene rings is 2. The third kappa shape index (κ3) is 9.01. The van der Waals surface area contributed by atoms with Gasteiger partial charge in [-0.15, -0.1) is 0 Å². The Balaban J connectivity index is 1.71. The van der Waals surface area contributed by atoms with Crippen molar-refractivity contribution >= 4 is 22.8 Å². The first kappa shape index (κ1) is 27.1. The highest BCUT2D eigenvalue weighted by Gasteiger charge is 2.15. The van der Waals surface area contributed by atoms with E-state index in [2.05, 4.69) is 11.9 Å². The molecule has 2 aromatic rings. The number of carbonyl (C=O) groups is 2. The highest BCUT2D eigenvalue weighted by Crippen LogP contribution is 2.36. The van der Waals surface area contributed by atoms with Crippen LogP contribution < -0.4 is 14.8 Å². The third-order valence-corrected chi connectivity index (χ3v) is 4.58. The molecule has 0 radical (unpaired) electrons. The zero-order valence-electron chi connectivity index (χ0n) is 20.0. The van der Waals surface area contributed by atoms with Gasteiger partial charge in [0.15, 0.2) is 0 Å². The summed E-state index contributed by atoms with van der Waals surface area (Å²) in [5.74, 6) is 0.753. The molecule has 1 N–H and O–H groups in total. The summed E-state index contributed by atoms with van der Waals surface area (Å²) in [7, 11) is 1.62. The SMILES string of the molecule is C=C(C)C(=O)OCCOCCOCCNC(=O)Oc1c(C)cc(OCCOC)c2ccccc12. The quantitative estimate of drug-likeness (QED) is 0.238. The standard InChI is InChI=1S/C25H33NO8/c1-18(2)24(27)33-16-14-31-13-12-30-10-9-26-25(28)34-23-19(3)17-22(32-15-11-29-4)20-7-5-6-8-21(20)23/h5-8,17H,1,9-16H2,2-4H3,(H,26,28). The van der Waals surface area contributed by atoms with Crippen molar-refractivity contribution in [3.8, 4) is 11.5 Å². The maximum atomic E-state index is 12.3. The van der Waals surface area contributed by atoms with Crippen LogP contribution in [0.4, 0.5) is 4.79 Å². The van der Waals surface area contributed by atoms with Crippen LogP contribution in [0.15, 0.2) is 42.5 Å². The number of hydrogen-bond donors (Lipinski definition) is 1. The van der Waals surface area contributed by atoms with Gasteiger partial charge in [-0.2, -0.15) is 0 Å². The van der Waals surface area contributed by atoms with Gasteiger partial charge in [0.1, 0.15) is 24.7 Å². The normalized spacial score (nSPS) is 10.7. The molecule has 9 heteroatoms. The number of methoxy groups -OCH3 is 1. The fraction of sp³-hybridized carbons (Fsp3) is 0.440. The van der Waals surface area contributed by atoms with E-state index in [-0.39, 0.29) is 19.8 Å². The van der Waals surface area contributed by atoms with Gasteiger partial charge in [-0.1, -0.05) is 30.8 Å². The van der Waals surface area contributed by atoms with E-state index in [0.717, 1.165) is 16.3 Å². The van der Waals surface area contributed by atoms with E-state index in [1.54, 1.807) is 14.0 Å². The number of amides is 1. The van der Waals surface area contributed by atoms with Crippen LogP contribution in [-0.2, 0) is 23.7 Å². The summed E-state index contributed by atoms with van der Waals surface area (Å²) >= 11 is 0. The second-order valence-electron chi connectivity index (χ2n) is 7.36. The molecule has 0 fully saturated rings. The molecular weight excluding hydrogens is 442 g/mol. The number of hydrogen-bond acceptors (Lipinski definition) is 8. The van der Waals surface area contributed by atoms with Gasteiger partial charge in [0.25, 0.3) is 0 Å². The van der Waals surface area contributed by atoms with Crippen molar-refractivity contribution in [3.05, 3.63) is 48.0 Å². The maximum absolute atomic E-state index is 12.3. The zero-order chi connectivity index (χ0) is 24.8. The van der Waals surface area contributed by atoms with Gasteiger partial charge in [0.2, 0.25) is 0 Å². The van der Waals surface area contributed by atoms with E-state index in [1.165, 1.54) is 0 Å². The maximum Gasteiger partial charge on any atom is 0.412 e. The monoisotopic (exact) mass is 475 g/mol. The number of carbonyl (C=O) groups excluding carboxylic acids is 2. The molecule has 0 atom stereocenters. The Morgan fingerprint density at radius 3 is 2.32 bits per heavy atom. The van der Waals surface area contributed by atoms with Gasteiger partial charge >= 0.3 is 12.1 Å². The molecular formula is C25H33NO8. The molecule has 2 rings (SSSR count). The summed E-state index contributed by atoms with van der Waals surface area (Å²) < 4.78 is 32.1. The summed E-state index contributed by atoms with van der Waals surface area (Å²) in [4.78, 5) is 23.5. The van der Waals surface area contributed by atoms with Crippen molar-refractivity contribution in [1.82, 2.24) is 5.32 Å². The number of rotatable bonds is 15. The molecule has 0 spiro atoms. The molecule has 0 heterocycles. The van der Waals surface area contributed by atoms with Crippen molar-refractivity contribution in [3.63, 3.8) is 0 Å². The van der Waals surface area contributed by atoms with E-state index in [1.807, 2.05) is 37.3 Å². The van der Waals surface area contributed by atoms with Gasteiger partial charge in [-0.3, -0.25) is 0 Å². The second-order valence-corrected chi connectivity index (χ2v) is 7.36. The van der Waals surface area contributed by atoms with Crippen LogP contribution in [0.3, 0.4) is 0 Å². The second kappa shape index (κ2) is 14.9. The van der Waals surface area contributed by atoms with Crippen molar-refractivity contribution in [2.24, 2.45) is 0 Å². The molecule has 1 amide bonds. The summed E-state index contributed by atoms with van der Waals surface area (Å²) in [6.45, 7) is 9.56. The van der Waals surface area contributed by atoms with Gasteiger partial charge in [-0.25, -0.2) is 9.59 Å². The predicted molar refractivity (Wildman–Crippen MR) is 127 cm³/mol. The summed E-state index contributed by atoms with van der Waals surface area (Å²) in [6.07, 6.45) is -0.569. The Kier molecular flexibility index (Phi) is 11.9. The molecule has 0 unspecified atom stereocenters. The molecule has 186 valence electrons. The highest BCUT2D eigenvalue weighted by molar-refractivity contribution is 5.95. The Bertz CT molecular complexity index is 959. The topological polar surface area (TPSA) is 102 Å². The first-order valence-corrected chi connectivity index (χ1v) is 11.0. The number of esters is 1. The lowest BCUT2D eigenvalue weighted by molar-refractivity contribution is -0.140. The summed E-state index contributed by atoms with van der Waals surface area (Å²) in [5.41, 5.74) is 1.13. The van der Waals surface area contributed by atoms with E-state index in [4.69, 9.17) is 28.4 Å². The van der Waals surface area contributed by atoms with E-state index in [9.17, 15) is 9.59 Å². The van der Waals surface area contributed by atoms with Crippen molar-refractivity contribution in [2.75, 3.05) is 59.9 Å². The first-order chi connectivity index (χ1) is 16.4. The van der Waals surface area contributed by atoms with Crippen LogP contribution in [0.5, 0.6) is 11.5 Å². The lowest BCUT2D eigenvalue weighted by atomic mass is 10.0. The summed E-state index contributed by atoms with van der Waals surface area (Å²) in [6, 6.07) is 9.44. The van der Waals surface area contributed by atoms with Crippen LogP contribution >= 0.6 is 0 Å². The van der Waals surface area contributed by atoms with Gasteiger partial charge < -0.3 is 33.7 Å². The van der Waals surface area contributed by atoms with E-state index < -0.39 is 12.1 Å². The Morgan fingerprint density at radius 1 is 0.941 bits per heavy atom. The number of fused-ring (bicyclic) bond motifs is 1. The van der Waals surface area contributed by atoms with Crippen LogP contribution in [0.1, 0.15) is 12.5 Å². The third-order valence-electron chi connectivity index (χ3n) is 4.58. The Hall–Kier alpha value is -3.14. The van der Waals surface area contributed by atoms with Crippen LogP contribution in [0, 0.1) is 6.92 Å². The molecule has 0 saturated carbocycles. The molecule has 0 aliphatic rings. The average Bonchev–Trinajstić information content (AvgIpc) is 2.82. The number of nitrogens with one attached hydrogen (secondary N) is 1. The van der Waals surface area contributed by atoms with Crippen molar-refractivity contribution < 1.29 is 38.0 Å². The number of aryl methyl sites for hydroxylation is 1. The largest absolute Gasteiger partial charge is 0.491 e. The molecule has 0 bridgehead atoms. The highest BCUT2D eigenvalue weighted by atomic mass is 16.6. The molecule has 9 nitrogen and oxygen atoms in total. The van der Waals surface area contributed by atoms with Gasteiger partial charge in [-0.05, 0) is 25.5 Å². The molecule has 0 aliphatic heterocycles. The minimum absolute atomic E-state index is 0.160. The van der Waals surface area contributed by atoms with Crippen LogP contribution in [0.25, 0.3) is 10.8 Å². The fourth-order valence-electron chi connectivity index (χ4n) is 2.93. The minimum atomic E-state index is -0.569. The van der Waals surface area contributed by atoms with Crippen molar-refractivity contribution in [2.45, 2.75) is 13.8 Å². The van der Waals surface area contributed by atoms with Gasteiger partial charge in [0.05, 0.1) is 33.0 Å². The predicted octanol–water partition coefficient (Wildman–Crippen LogP) is 3.41. The molecule has 0 aliphatic carbocycles. The van der Waals surface area contributed by atoms with E-state index in [0.29, 0.717) is 50.1 Å². The molecule has 0 aromatic heterocycles. The van der Waals surface area contributed by atoms with Gasteiger partial charge in [0, 0.05) is 30.0 Å². The Labute approximate surface area is 199 Å². The smallest absolute Gasteiger partial charge is 0.412 e. The minimum Gasteiger partial charge on any atom is -0.491 e. The summed E-state index contributed by atoms with van der Waals surface area (Å²) in [5, 5.41) is 4.31. The lowest BCUT2D eigenvalue weighted by Crippen LogP contribution is -2.30. The van der Waals surface area contributed by atoms with Crippen LogP contribution in [0.2, 0.25) is 0 Å². The molecule has 34 heavy (non-hydrogen) atoms. The molecule has 0 saturated heterocycles. The molecule has 2 aromatic carbocycles. The first-order valence-electron chi connectivity index (χ1n) is 11.0. The zero-order valence-corrected chi connectivity index (χ0v) is 20.0. The lowest BCUT2D eigenvalue weighted by Gasteiger charge is -2.15. The fourth-order valence-corrected chi connectivity index (χ4v) is 2.93.